The van der Waals surface area contributed by atoms with Gasteiger partial charge < -0.3 is 20.5 Å². The highest BCUT2D eigenvalue weighted by Gasteiger charge is 2.21. The number of amides is 1. The summed E-state index contributed by atoms with van der Waals surface area (Å²) in [7, 11) is 0. The molecule has 1 heterocycles. The van der Waals surface area contributed by atoms with Gasteiger partial charge in [-0.3, -0.25) is 4.79 Å². The third-order valence-electron chi connectivity index (χ3n) is 6.50. The predicted octanol–water partition coefficient (Wildman–Crippen LogP) is 5.63. The molecule has 1 fully saturated rings. The van der Waals surface area contributed by atoms with E-state index in [4.69, 9.17) is 0 Å². The minimum Gasteiger partial charge on any atom is -0.478 e. The number of carboxylic acid groups (broad SMARTS) is 2. The van der Waals surface area contributed by atoms with Crippen LogP contribution in [0, 0.1) is 5.92 Å². The molecule has 2 aromatic carbocycles. The number of hydrogen-bond acceptors (Lipinski definition) is 4. The molecule has 4 N–H and O–H groups in total. The Hall–Kier alpha value is -3.94. The molecule has 3 aromatic rings. The second-order valence-corrected chi connectivity index (χ2v) is 9.04. The number of aromatic amines is 1. The van der Waals surface area contributed by atoms with Gasteiger partial charge in [-0.15, -0.1) is 0 Å². The number of carbonyl (C=O) groups is 3. The average Bonchev–Trinajstić information content (AvgIpc) is 3.11. The summed E-state index contributed by atoms with van der Waals surface area (Å²) >= 11 is 0. The van der Waals surface area contributed by atoms with Crippen LogP contribution >= 0.6 is 0 Å². The predicted molar refractivity (Wildman–Crippen MR) is 132 cm³/mol. The van der Waals surface area contributed by atoms with Gasteiger partial charge in [0.2, 0.25) is 0 Å². The van der Waals surface area contributed by atoms with Crippen LogP contribution in [0.3, 0.4) is 0 Å². The molecular formula is C27H29N3O5. The molecule has 1 saturated carbocycles. The first-order valence-electron chi connectivity index (χ1n) is 12.0. The molecule has 35 heavy (non-hydrogen) atoms. The van der Waals surface area contributed by atoms with Crippen molar-refractivity contribution in [1.82, 2.24) is 9.97 Å². The van der Waals surface area contributed by atoms with E-state index in [9.17, 15) is 24.6 Å². The highest BCUT2D eigenvalue weighted by atomic mass is 16.4. The number of nitrogens with zero attached hydrogens (tertiary/aromatic N) is 1. The van der Waals surface area contributed by atoms with Gasteiger partial charge in [-0.05, 0) is 37.0 Å². The van der Waals surface area contributed by atoms with Crippen LogP contribution in [0.1, 0.15) is 81.8 Å². The number of rotatable bonds is 8. The summed E-state index contributed by atoms with van der Waals surface area (Å²) in [4.78, 5) is 44.0. The SMILES string of the molecule is O=C(O)c1cc(NC(=O)c2nc(-c3ccccc3)[nH]c2CCC2CCCCCC2)cc(C(=O)O)c1. The van der Waals surface area contributed by atoms with E-state index in [1.807, 2.05) is 30.3 Å². The highest BCUT2D eigenvalue weighted by molar-refractivity contribution is 6.05. The van der Waals surface area contributed by atoms with E-state index >= 15 is 0 Å². The number of nitrogens with one attached hydrogen (secondary N) is 2. The van der Waals surface area contributed by atoms with Gasteiger partial charge in [0.15, 0.2) is 0 Å². The number of aromatic carboxylic acids is 2. The number of H-pyrrole nitrogens is 1. The van der Waals surface area contributed by atoms with Crippen molar-refractivity contribution in [2.75, 3.05) is 5.32 Å². The van der Waals surface area contributed by atoms with Crippen LogP contribution in [0.15, 0.2) is 48.5 Å². The zero-order valence-corrected chi connectivity index (χ0v) is 19.4. The first kappa shape index (κ1) is 24.2. The first-order valence-corrected chi connectivity index (χ1v) is 12.0. The Labute approximate surface area is 203 Å². The summed E-state index contributed by atoms with van der Waals surface area (Å²) < 4.78 is 0. The molecule has 1 amide bonds. The molecule has 0 aliphatic heterocycles. The second-order valence-electron chi connectivity index (χ2n) is 9.04. The summed E-state index contributed by atoms with van der Waals surface area (Å²) in [5.41, 5.74) is 1.45. The number of anilines is 1. The molecule has 0 unspecified atom stereocenters. The summed E-state index contributed by atoms with van der Waals surface area (Å²) in [6.07, 6.45) is 9.05. The lowest BCUT2D eigenvalue weighted by atomic mass is 9.94. The molecule has 0 radical (unpaired) electrons. The summed E-state index contributed by atoms with van der Waals surface area (Å²) in [5, 5.41) is 21.3. The third kappa shape index (κ3) is 6.15. The standard InChI is InChI=1S/C27H29N3O5/c31-25(28-21-15-19(26(32)33)14-20(16-21)27(34)35)23-22(13-12-17-8-4-1-2-5-9-17)29-24(30-23)18-10-6-3-7-11-18/h3,6-7,10-11,14-17H,1-2,4-5,8-9,12-13H2,(H,28,31)(H,29,30)(H,32,33)(H,34,35). The molecule has 0 saturated heterocycles. The van der Waals surface area contributed by atoms with Crippen LogP contribution in [-0.2, 0) is 6.42 Å². The van der Waals surface area contributed by atoms with E-state index in [0.717, 1.165) is 23.7 Å². The zero-order chi connectivity index (χ0) is 24.8. The van der Waals surface area contributed by atoms with Crippen LogP contribution in [0.25, 0.3) is 11.4 Å². The largest absolute Gasteiger partial charge is 0.478 e. The van der Waals surface area contributed by atoms with Gasteiger partial charge in [0, 0.05) is 16.9 Å². The van der Waals surface area contributed by atoms with Gasteiger partial charge in [0.05, 0.1) is 11.1 Å². The van der Waals surface area contributed by atoms with E-state index < -0.39 is 17.8 Å². The lowest BCUT2D eigenvalue weighted by Crippen LogP contribution is -2.16. The van der Waals surface area contributed by atoms with Gasteiger partial charge in [-0.2, -0.15) is 0 Å². The Morgan fingerprint density at radius 1 is 0.914 bits per heavy atom. The number of carbonyl (C=O) groups excluding carboxylic acids is 1. The molecule has 1 aliphatic carbocycles. The minimum absolute atomic E-state index is 0.0891. The lowest BCUT2D eigenvalue weighted by Gasteiger charge is -2.13. The van der Waals surface area contributed by atoms with Crippen molar-refractivity contribution in [3.05, 3.63) is 71.0 Å². The van der Waals surface area contributed by atoms with E-state index in [-0.39, 0.29) is 22.5 Å². The fourth-order valence-corrected chi connectivity index (χ4v) is 4.65. The summed E-state index contributed by atoms with van der Waals surface area (Å²) in [5.74, 6) is -1.88. The maximum absolute atomic E-state index is 13.3. The highest BCUT2D eigenvalue weighted by Crippen LogP contribution is 2.28. The van der Waals surface area contributed by atoms with Crippen molar-refractivity contribution in [3.8, 4) is 11.4 Å². The fraction of sp³-hybridized carbons (Fsp3) is 0.333. The maximum Gasteiger partial charge on any atom is 0.335 e. The first-order chi connectivity index (χ1) is 16.9. The van der Waals surface area contributed by atoms with Crippen molar-refractivity contribution in [2.45, 2.75) is 51.4 Å². The number of carboxylic acids is 2. The number of imidazole rings is 1. The average molecular weight is 476 g/mol. The Morgan fingerprint density at radius 2 is 1.54 bits per heavy atom. The minimum atomic E-state index is -1.28. The van der Waals surface area contributed by atoms with Crippen LogP contribution in [-0.4, -0.2) is 38.0 Å². The lowest BCUT2D eigenvalue weighted by molar-refractivity contribution is 0.0696. The van der Waals surface area contributed by atoms with Gasteiger partial charge >= 0.3 is 11.9 Å². The van der Waals surface area contributed by atoms with Crippen LogP contribution < -0.4 is 5.32 Å². The summed E-state index contributed by atoms with van der Waals surface area (Å²) in [6.45, 7) is 0. The van der Waals surface area contributed by atoms with Gasteiger partial charge in [-0.25, -0.2) is 14.6 Å². The number of hydrogen-bond donors (Lipinski definition) is 4. The van der Waals surface area contributed by atoms with Crippen molar-refractivity contribution in [2.24, 2.45) is 5.92 Å². The van der Waals surface area contributed by atoms with Gasteiger partial charge in [0.25, 0.3) is 5.91 Å². The zero-order valence-electron chi connectivity index (χ0n) is 19.4. The normalized spacial score (nSPS) is 14.3. The molecule has 8 heteroatoms. The molecular weight excluding hydrogens is 446 g/mol. The maximum atomic E-state index is 13.3. The Kier molecular flexibility index (Phi) is 7.60. The van der Waals surface area contributed by atoms with Gasteiger partial charge in [0.1, 0.15) is 11.5 Å². The molecule has 8 nitrogen and oxygen atoms in total. The Bertz CT molecular complexity index is 1180. The van der Waals surface area contributed by atoms with Crippen molar-refractivity contribution in [3.63, 3.8) is 0 Å². The molecule has 0 atom stereocenters. The quantitative estimate of drug-likeness (QED) is 0.312. The molecule has 1 aromatic heterocycles. The van der Waals surface area contributed by atoms with Crippen molar-refractivity contribution < 1.29 is 24.6 Å². The topological polar surface area (TPSA) is 132 Å². The molecule has 0 spiro atoms. The number of benzene rings is 2. The number of aryl methyl sites for hydroxylation is 1. The monoisotopic (exact) mass is 475 g/mol. The van der Waals surface area contributed by atoms with Crippen molar-refractivity contribution >= 4 is 23.5 Å². The van der Waals surface area contributed by atoms with Crippen LogP contribution in [0.5, 0.6) is 0 Å². The van der Waals surface area contributed by atoms with Crippen LogP contribution in [0.2, 0.25) is 0 Å². The Morgan fingerprint density at radius 3 is 2.14 bits per heavy atom. The van der Waals surface area contributed by atoms with Crippen molar-refractivity contribution in [1.29, 1.82) is 0 Å². The van der Waals surface area contributed by atoms with E-state index in [2.05, 4.69) is 15.3 Å². The third-order valence-corrected chi connectivity index (χ3v) is 6.50. The van der Waals surface area contributed by atoms with E-state index in [0.29, 0.717) is 18.2 Å². The summed E-state index contributed by atoms with van der Waals surface area (Å²) in [6, 6.07) is 13.0. The second kappa shape index (κ2) is 11.0. The molecule has 0 bridgehead atoms. The molecule has 182 valence electrons. The Balaban J connectivity index is 1.61. The fourth-order valence-electron chi connectivity index (χ4n) is 4.65. The van der Waals surface area contributed by atoms with Crippen LogP contribution in [0.4, 0.5) is 5.69 Å². The van der Waals surface area contributed by atoms with Gasteiger partial charge in [-0.1, -0.05) is 68.9 Å². The molecule has 4 rings (SSSR count). The van der Waals surface area contributed by atoms with E-state index in [1.54, 1.807) is 0 Å². The van der Waals surface area contributed by atoms with E-state index in [1.165, 1.54) is 50.7 Å². The molecule has 1 aliphatic rings. The smallest absolute Gasteiger partial charge is 0.335 e. The number of aromatic nitrogens is 2.